The van der Waals surface area contributed by atoms with Crippen LogP contribution in [0.5, 0.6) is 0 Å². The summed E-state index contributed by atoms with van der Waals surface area (Å²) < 4.78 is 16.8. The van der Waals surface area contributed by atoms with E-state index in [4.69, 9.17) is 14.2 Å². The number of hydrogen-bond donors (Lipinski definition) is 0. The van der Waals surface area contributed by atoms with Gasteiger partial charge in [0, 0.05) is 38.5 Å². The molecule has 1 heterocycles. The van der Waals surface area contributed by atoms with Crippen LogP contribution in [0.25, 0.3) is 0 Å². The third-order valence-electron chi connectivity index (χ3n) is 3.31. The Morgan fingerprint density at radius 3 is 2.44 bits per heavy atom. The van der Waals surface area contributed by atoms with Crippen molar-refractivity contribution in [2.24, 2.45) is 0 Å². The highest BCUT2D eigenvalue weighted by molar-refractivity contribution is 9.09. The van der Waals surface area contributed by atoms with E-state index in [0.29, 0.717) is 0 Å². The van der Waals surface area contributed by atoms with Crippen molar-refractivity contribution in [3.05, 3.63) is 0 Å². The van der Waals surface area contributed by atoms with Gasteiger partial charge in [-0.1, -0.05) is 15.9 Å². The fourth-order valence-corrected chi connectivity index (χ4v) is 2.40. The third-order valence-corrected chi connectivity index (χ3v) is 4.33. The van der Waals surface area contributed by atoms with Crippen LogP contribution in [0, 0.1) is 0 Å². The SMILES string of the molecule is COC(C)(C)CCOC1(CBr)CCOCC1. The Hall–Kier alpha value is 0.360. The van der Waals surface area contributed by atoms with E-state index in [2.05, 4.69) is 29.8 Å². The Kier molecular flexibility index (Phi) is 5.71. The maximum absolute atomic E-state index is 6.05. The van der Waals surface area contributed by atoms with Crippen LogP contribution in [-0.2, 0) is 14.2 Å². The summed E-state index contributed by atoms with van der Waals surface area (Å²) in [6.45, 7) is 6.52. The molecule has 96 valence electrons. The summed E-state index contributed by atoms with van der Waals surface area (Å²) in [7, 11) is 1.74. The van der Waals surface area contributed by atoms with E-state index in [1.807, 2.05) is 0 Å². The van der Waals surface area contributed by atoms with E-state index in [1.54, 1.807) is 7.11 Å². The van der Waals surface area contributed by atoms with E-state index in [9.17, 15) is 0 Å². The molecule has 0 aliphatic carbocycles. The van der Waals surface area contributed by atoms with E-state index in [1.165, 1.54) is 0 Å². The molecule has 1 aliphatic rings. The van der Waals surface area contributed by atoms with Gasteiger partial charge in [-0.2, -0.15) is 0 Å². The Bertz CT molecular complexity index is 200. The van der Waals surface area contributed by atoms with Crippen LogP contribution in [0.4, 0.5) is 0 Å². The molecule has 0 aromatic heterocycles. The molecule has 0 unspecified atom stereocenters. The molecule has 0 spiro atoms. The molecule has 1 fully saturated rings. The van der Waals surface area contributed by atoms with Crippen LogP contribution in [0.3, 0.4) is 0 Å². The van der Waals surface area contributed by atoms with Gasteiger partial charge in [-0.15, -0.1) is 0 Å². The third kappa shape index (κ3) is 4.32. The number of ether oxygens (including phenoxy) is 3. The summed E-state index contributed by atoms with van der Waals surface area (Å²) >= 11 is 3.55. The largest absolute Gasteiger partial charge is 0.381 e. The highest BCUT2D eigenvalue weighted by atomic mass is 79.9. The molecular weight excluding hydrogens is 272 g/mol. The summed E-state index contributed by atoms with van der Waals surface area (Å²) in [6, 6.07) is 0. The molecule has 3 nitrogen and oxygen atoms in total. The van der Waals surface area contributed by atoms with Gasteiger partial charge in [0.25, 0.3) is 0 Å². The molecule has 0 radical (unpaired) electrons. The molecule has 1 rings (SSSR count). The second-order valence-corrected chi connectivity index (χ2v) is 5.55. The molecular formula is C12H23BrO3. The lowest BCUT2D eigenvalue weighted by Crippen LogP contribution is -2.41. The predicted octanol–water partition coefficient (Wildman–Crippen LogP) is 2.76. The molecule has 0 amide bonds. The number of halogens is 1. The van der Waals surface area contributed by atoms with Crippen LogP contribution >= 0.6 is 15.9 Å². The second-order valence-electron chi connectivity index (χ2n) is 4.99. The number of alkyl halides is 1. The molecule has 0 atom stereocenters. The standard InChI is InChI=1S/C12H23BrO3/c1-11(2,14-3)4-9-16-12(10-13)5-7-15-8-6-12/h4-10H2,1-3H3. The van der Waals surface area contributed by atoms with Crippen LogP contribution in [0.2, 0.25) is 0 Å². The van der Waals surface area contributed by atoms with Crippen LogP contribution in [-0.4, -0.2) is 43.5 Å². The van der Waals surface area contributed by atoms with Crippen molar-refractivity contribution < 1.29 is 14.2 Å². The Morgan fingerprint density at radius 1 is 1.31 bits per heavy atom. The first-order valence-electron chi connectivity index (χ1n) is 5.86. The van der Waals surface area contributed by atoms with Crippen molar-refractivity contribution in [1.82, 2.24) is 0 Å². The zero-order valence-corrected chi connectivity index (χ0v) is 12.1. The van der Waals surface area contributed by atoms with Crippen LogP contribution in [0.15, 0.2) is 0 Å². The van der Waals surface area contributed by atoms with Gasteiger partial charge in [0.15, 0.2) is 0 Å². The monoisotopic (exact) mass is 294 g/mol. The Balaban J connectivity index is 2.33. The minimum atomic E-state index is -0.0985. The summed E-state index contributed by atoms with van der Waals surface area (Å²) in [4.78, 5) is 0. The minimum absolute atomic E-state index is 0.0257. The first kappa shape index (κ1) is 14.4. The average molecular weight is 295 g/mol. The summed E-state index contributed by atoms with van der Waals surface area (Å²) in [6.07, 6.45) is 2.87. The summed E-state index contributed by atoms with van der Waals surface area (Å²) in [5.41, 5.74) is -0.124. The molecule has 0 aromatic carbocycles. The van der Waals surface area contributed by atoms with Gasteiger partial charge in [-0.25, -0.2) is 0 Å². The van der Waals surface area contributed by atoms with Gasteiger partial charge < -0.3 is 14.2 Å². The lowest BCUT2D eigenvalue weighted by Gasteiger charge is -2.36. The fourth-order valence-electron chi connectivity index (χ4n) is 1.68. The smallest absolute Gasteiger partial charge is 0.0822 e. The highest BCUT2D eigenvalue weighted by Crippen LogP contribution is 2.28. The summed E-state index contributed by atoms with van der Waals surface area (Å²) in [5, 5.41) is 0.886. The topological polar surface area (TPSA) is 27.7 Å². The van der Waals surface area contributed by atoms with Crippen LogP contribution in [0.1, 0.15) is 33.1 Å². The first-order chi connectivity index (χ1) is 7.54. The molecule has 0 bridgehead atoms. The van der Waals surface area contributed by atoms with Crippen molar-refractivity contribution in [3.8, 4) is 0 Å². The number of methoxy groups -OCH3 is 1. The average Bonchev–Trinajstić information content (AvgIpc) is 2.30. The zero-order valence-electron chi connectivity index (χ0n) is 10.6. The molecule has 16 heavy (non-hydrogen) atoms. The summed E-state index contributed by atoms with van der Waals surface area (Å²) in [5.74, 6) is 0. The molecule has 1 saturated heterocycles. The lowest BCUT2D eigenvalue weighted by atomic mass is 9.96. The Morgan fingerprint density at radius 2 is 1.94 bits per heavy atom. The van der Waals surface area contributed by atoms with Crippen molar-refractivity contribution in [2.45, 2.75) is 44.3 Å². The van der Waals surface area contributed by atoms with E-state index < -0.39 is 0 Å². The van der Waals surface area contributed by atoms with Gasteiger partial charge in [0.05, 0.1) is 17.8 Å². The van der Waals surface area contributed by atoms with Gasteiger partial charge in [0.2, 0.25) is 0 Å². The van der Waals surface area contributed by atoms with Gasteiger partial charge in [-0.3, -0.25) is 0 Å². The molecule has 4 heteroatoms. The van der Waals surface area contributed by atoms with E-state index in [-0.39, 0.29) is 11.2 Å². The van der Waals surface area contributed by atoms with Crippen molar-refractivity contribution in [2.75, 3.05) is 32.3 Å². The van der Waals surface area contributed by atoms with Crippen LogP contribution < -0.4 is 0 Å². The maximum Gasteiger partial charge on any atom is 0.0822 e. The predicted molar refractivity (Wildman–Crippen MR) is 68.2 cm³/mol. The normalized spacial score (nSPS) is 21.0. The molecule has 0 aromatic rings. The van der Waals surface area contributed by atoms with Gasteiger partial charge >= 0.3 is 0 Å². The van der Waals surface area contributed by atoms with Crippen molar-refractivity contribution >= 4 is 15.9 Å². The molecule has 1 aliphatic heterocycles. The Labute approximate surface area is 107 Å². The van der Waals surface area contributed by atoms with Gasteiger partial charge in [-0.05, 0) is 20.3 Å². The second kappa shape index (κ2) is 6.34. The van der Waals surface area contributed by atoms with Crippen molar-refractivity contribution in [1.29, 1.82) is 0 Å². The molecule has 0 saturated carbocycles. The first-order valence-corrected chi connectivity index (χ1v) is 6.99. The number of rotatable bonds is 6. The highest BCUT2D eigenvalue weighted by Gasteiger charge is 2.33. The minimum Gasteiger partial charge on any atom is -0.381 e. The number of hydrogen-bond acceptors (Lipinski definition) is 3. The lowest BCUT2D eigenvalue weighted by molar-refractivity contribution is -0.109. The quantitative estimate of drug-likeness (QED) is 0.705. The maximum atomic E-state index is 6.05. The van der Waals surface area contributed by atoms with Crippen molar-refractivity contribution in [3.63, 3.8) is 0 Å². The fraction of sp³-hybridized carbons (Fsp3) is 1.00. The van der Waals surface area contributed by atoms with E-state index >= 15 is 0 Å². The zero-order chi connectivity index (χ0) is 12.1. The van der Waals surface area contributed by atoms with E-state index in [0.717, 1.165) is 44.4 Å². The molecule has 0 N–H and O–H groups in total. The van der Waals surface area contributed by atoms with Gasteiger partial charge in [0.1, 0.15) is 0 Å².